The molecule has 0 nitrogen and oxygen atoms in total. The SMILES string of the molecule is Fc1ccc(CC(CCl)(CCl)C2CCCC2)c(Br)c1. The number of halogens is 4. The molecule has 1 saturated carbocycles. The molecule has 1 aliphatic carbocycles. The van der Waals surface area contributed by atoms with Crippen molar-refractivity contribution >= 4 is 39.1 Å². The van der Waals surface area contributed by atoms with Gasteiger partial charge in [-0.1, -0.05) is 34.8 Å². The van der Waals surface area contributed by atoms with Crippen LogP contribution in [0.1, 0.15) is 31.2 Å². The van der Waals surface area contributed by atoms with Crippen molar-refractivity contribution in [3.63, 3.8) is 0 Å². The van der Waals surface area contributed by atoms with E-state index in [2.05, 4.69) is 15.9 Å². The van der Waals surface area contributed by atoms with Gasteiger partial charge in [-0.3, -0.25) is 0 Å². The second kappa shape index (κ2) is 6.78. The lowest BCUT2D eigenvalue weighted by atomic mass is 9.73. The zero-order valence-electron chi connectivity index (χ0n) is 10.8. The van der Waals surface area contributed by atoms with E-state index in [1.54, 1.807) is 0 Å². The molecule has 0 aromatic heterocycles. The van der Waals surface area contributed by atoms with E-state index in [0.29, 0.717) is 17.7 Å². The maximum Gasteiger partial charge on any atom is 0.124 e. The summed E-state index contributed by atoms with van der Waals surface area (Å²) < 4.78 is 14.0. The molecule has 0 atom stereocenters. The molecule has 1 aromatic rings. The Kier molecular flexibility index (Phi) is 5.56. The molecular formula is C15H18BrCl2F. The predicted molar refractivity (Wildman–Crippen MR) is 83.6 cm³/mol. The summed E-state index contributed by atoms with van der Waals surface area (Å²) in [6, 6.07) is 4.85. The first-order chi connectivity index (χ1) is 9.11. The van der Waals surface area contributed by atoms with Crippen molar-refractivity contribution in [2.24, 2.45) is 11.3 Å². The van der Waals surface area contributed by atoms with Crippen molar-refractivity contribution in [3.05, 3.63) is 34.1 Å². The number of alkyl halides is 2. The minimum Gasteiger partial charge on any atom is -0.207 e. The Balaban J connectivity index is 2.24. The van der Waals surface area contributed by atoms with E-state index < -0.39 is 0 Å². The van der Waals surface area contributed by atoms with Gasteiger partial charge in [-0.15, -0.1) is 23.2 Å². The van der Waals surface area contributed by atoms with Crippen molar-refractivity contribution in [1.82, 2.24) is 0 Å². The van der Waals surface area contributed by atoms with E-state index in [9.17, 15) is 4.39 Å². The largest absolute Gasteiger partial charge is 0.207 e. The molecule has 0 radical (unpaired) electrons. The van der Waals surface area contributed by atoms with Crippen LogP contribution in [0.2, 0.25) is 0 Å². The van der Waals surface area contributed by atoms with Gasteiger partial charge in [0.1, 0.15) is 5.82 Å². The Morgan fingerprint density at radius 2 is 1.84 bits per heavy atom. The van der Waals surface area contributed by atoms with Gasteiger partial charge in [0.15, 0.2) is 0 Å². The molecule has 0 aliphatic heterocycles. The first-order valence-corrected chi connectivity index (χ1v) is 8.53. The van der Waals surface area contributed by atoms with Gasteiger partial charge in [0, 0.05) is 21.6 Å². The third-order valence-corrected chi connectivity index (χ3v) is 6.11. The molecule has 0 saturated heterocycles. The highest BCUT2D eigenvalue weighted by molar-refractivity contribution is 9.10. The summed E-state index contributed by atoms with van der Waals surface area (Å²) in [5, 5.41) is 0. The molecule has 1 fully saturated rings. The summed E-state index contributed by atoms with van der Waals surface area (Å²) in [5.74, 6) is 1.48. The molecule has 0 bridgehead atoms. The van der Waals surface area contributed by atoms with Gasteiger partial charge in [0.2, 0.25) is 0 Å². The summed E-state index contributed by atoms with van der Waals surface area (Å²) >= 11 is 16.0. The van der Waals surface area contributed by atoms with E-state index in [-0.39, 0.29) is 11.2 Å². The third kappa shape index (κ3) is 3.46. The fourth-order valence-corrected chi connectivity index (χ4v) is 4.48. The first-order valence-electron chi connectivity index (χ1n) is 6.67. The monoisotopic (exact) mass is 366 g/mol. The maximum absolute atomic E-state index is 13.2. The standard InChI is InChI=1S/C15H18BrCl2F/c16-14-7-13(19)6-5-11(14)8-15(9-17,10-18)12-3-1-2-4-12/h5-7,12H,1-4,8-10H2. The van der Waals surface area contributed by atoms with E-state index in [0.717, 1.165) is 16.5 Å². The van der Waals surface area contributed by atoms with Crippen molar-refractivity contribution in [3.8, 4) is 0 Å². The molecule has 0 amide bonds. The predicted octanol–water partition coefficient (Wildman–Crippen LogP) is 5.78. The van der Waals surface area contributed by atoms with Gasteiger partial charge >= 0.3 is 0 Å². The highest BCUT2D eigenvalue weighted by Crippen LogP contribution is 2.44. The lowest BCUT2D eigenvalue weighted by molar-refractivity contribution is 0.224. The van der Waals surface area contributed by atoms with Crippen LogP contribution in [0.15, 0.2) is 22.7 Å². The lowest BCUT2D eigenvalue weighted by Gasteiger charge is -2.36. The van der Waals surface area contributed by atoms with Crippen molar-refractivity contribution in [1.29, 1.82) is 0 Å². The number of hydrogen-bond acceptors (Lipinski definition) is 0. The number of benzene rings is 1. The van der Waals surface area contributed by atoms with Crippen LogP contribution in [-0.2, 0) is 6.42 Å². The second-order valence-electron chi connectivity index (χ2n) is 5.52. The van der Waals surface area contributed by atoms with Crippen LogP contribution in [0.4, 0.5) is 4.39 Å². The minimum absolute atomic E-state index is 0.0695. The molecule has 106 valence electrons. The van der Waals surface area contributed by atoms with Gasteiger partial charge in [-0.25, -0.2) is 4.39 Å². The first kappa shape index (κ1) is 15.6. The Bertz CT molecular complexity index is 426. The highest BCUT2D eigenvalue weighted by Gasteiger charge is 2.39. The molecule has 0 spiro atoms. The van der Waals surface area contributed by atoms with Crippen LogP contribution < -0.4 is 0 Å². The van der Waals surface area contributed by atoms with Gasteiger partial charge < -0.3 is 0 Å². The van der Waals surface area contributed by atoms with Gasteiger partial charge in [-0.2, -0.15) is 0 Å². The maximum atomic E-state index is 13.2. The summed E-state index contributed by atoms with van der Waals surface area (Å²) in [7, 11) is 0. The Morgan fingerprint density at radius 3 is 2.37 bits per heavy atom. The summed E-state index contributed by atoms with van der Waals surface area (Å²) in [5.41, 5.74) is 1.02. The van der Waals surface area contributed by atoms with Crippen molar-refractivity contribution in [2.45, 2.75) is 32.1 Å². The summed E-state index contributed by atoms with van der Waals surface area (Å²) in [6.45, 7) is 0. The zero-order chi connectivity index (χ0) is 13.9. The average molecular weight is 368 g/mol. The molecule has 1 aliphatic rings. The van der Waals surface area contributed by atoms with Crippen LogP contribution >= 0.6 is 39.1 Å². The highest BCUT2D eigenvalue weighted by atomic mass is 79.9. The van der Waals surface area contributed by atoms with Gasteiger partial charge in [-0.05, 0) is 42.9 Å². The second-order valence-corrected chi connectivity index (χ2v) is 6.91. The molecule has 0 heterocycles. The molecule has 1 aromatic carbocycles. The Labute approximate surface area is 132 Å². The van der Waals surface area contributed by atoms with E-state index in [1.807, 2.05) is 6.07 Å². The van der Waals surface area contributed by atoms with E-state index in [1.165, 1.54) is 37.8 Å². The minimum atomic E-state index is -0.223. The number of hydrogen-bond donors (Lipinski definition) is 0. The van der Waals surface area contributed by atoms with E-state index in [4.69, 9.17) is 23.2 Å². The van der Waals surface area contributed by atoms with Crippen LogP contribution in [0.5, 0.6) is 0 Å². The topological polar surface area (TPSA) is 0 Å². The van der Waals surface area contributed by atoms with Crippen molar-refractivity contribution < 1.29 is 4.39 Å². The Hall–Kier alpha value is 0.210. The fraction of sp³-hybridized carbons (Fsp3) is 0.600. The lowest BCUT2D eigenvalue weighted by Crippen LogP contribution is -2.35. The van der Waals surface area contributed by atoms with Gasteiger partial charge in [0.05, 0.1) is 0 Å². The van der Waals surface area contributed by atoms with Gasteiger partial charge in [0.25, 0.3) is 0 Å². The summed E-state index contributed by atoms with van der Waals surface area (Å²) in [4.78, 5) is 0. The molecule has 4 heteroatoms. The molecule has 0 N–H and O–H groups in total. The van der Waals surface area contributed by atoms with Crippen LogP contribution in [0.3, 0.4) is 0 Å². The third-order valence-electron chi connectivity index (χ3n) is 4.31. The zero-order valence-corrected chi connectivity index (χ0v) is 13.9. The quantitative estimate of drug-likeness (QED) is 0.578. The van der Waals surface area contributed by atoms with Crippen molar-refractivity contribution in [2.75, 3.05) is 11.8 Å². The molecular weight excluding hydrogens is 350 g/mol. The normalized spacial score (nSPS) is 17.1. The fourth-order valence-electron chi connectivity index (χ4n) is 3.08. The smallest absolute Gasteiger partial charge is 0.124 e. The Morgan fingerprint density at radius 1 is 1.21 bits per heavy atom. The summed E-state index contributed by atoms with van der Waals surface area (Å²) in [6.07, 6.45) is 5.76. The van der Waals surface area contributed by atoms with Crippen LogP contribution in [0, 0.1) is 17.2 Å². The molecule has 2 rings (SSSR count). The van der Waals surface area contributed by atoms with E-state index >= 15 is 0 Å². The van der Waals surface area contributed by atoms with Crippen LogP contribution in [-0.4, -0.2) is 11.8 Å². The van der Waals surface area contributed by atoms with Crippen LogP contribution in [0.25, 0.3) is 0 Å². The molecule has 0 unspecified atom stereocenters. The number of rotatable bonds is 5. The average Bonchev–Trinajstić information content (AvgIpc) is 2.93. The molecule has 19 heavy (non-hydrogen) atoms.